The summed E-state index contributed by atoms with van der Waals surface area (Å²) in [5, 5.41) is 2.78. The standard InChI is InChI=1S/C13H18N2O4S/c1-9(7-20(3)17)15(2)13(16)14-10-4-5-11-12(6-10)19-8-18-11/h4-6,9H,7-8H2,1-3H3,(H,14,16)/t9-,20+/m0/s1. The molecule has 2 rings (SSSR count). The maximum atomic E-state index is 12.1. The molecule has 1 aromatic rings. The molecule has 0 fully saturated rings. The van der Waals surface area contributed by atoms with Crippen LogP contribution in [0.2, 0.25) is 0 Å². The lowest BCUT2D eigenvalue weighted by Gasteiger charge is -2.24. The topological polar surface area (TPSA) is 67.9 Å². The van der Waals surface area contributed by atoms with E-state index < -0.39 is 10.8 Å². The SMILES string of the molecule is C[C@@H](C[S@@](C)=O)N(C)C(=O)Nc1ccc2c(c1)OCO2. The predicted octanol–water partition coefficient (Wildman–Crippen LogP) is 1.65. The smallest absolute Gasteiger partial charge is 0.321 e. The van der Waals surface area contributed by atoms with E-state index in [4.69, 9.17) is 9.47 Å². The molecule has 1 aliphatic heterocycles. The van der Waals surface area contributed by atoms with Gasteiger partial charge in [-0.05, 0) is 19.1 Å². The normalized spacial score (nSPS) is 15.6. The molecule has 0 aliphatic carbocycles. The number of nitrogens with one attached hydrogen (secondary N) is 1. The summed E-state index contributed by atoms with van der Waals surface area (Å²) < 4.78 is 21.7. The van der Waals surface area contributed by atoms with Crippen molar-refractivity contribution in [1.29, 1.82) is 0 Å². The highest BCUT2D eigenvalue weighted by atomic mass is 32.2. The van der Waals surface area contributed by atoms with Gasteiger partial charge in [0, 0.05) is 47.7 Å². The van der Waals surface area contributed by atoms with Crippen LogP contribution in [0.1, 0.15) is 6.92 Å². The number of amides is 2. The minimum absolute atomic E-state index is 0.102. The van der Waals surface area contributed by atoms with Crippen LogP contribution in [0.15, 0.2) is 18.2 Å². The van der Waals surface area contributed by atoms with E-state index in [-0.39, 0.29) is 18.9 Å². The van der Waals surface area contributed by atoms with Gasteiger partial charge in [-0.15, -0.1) is 0 Å². The average molecular weight is 298 g/mol. The Kier molecular flexibility index (Phi) is 4.49. The average Bonchev–Trinajstić information content (AvgIpc) is 2.84. The van der Waals surface area contributed by atoms with E-state index in [1.807, 2.05) is 6.92 Å². The van der Waals surface area contributed by atoms with Gasteiger partial charge >= 0.3 is 6.03 Å². The number of rotatable bonds is 4. The third-order valence-corrected chi connectivity index (χ3v) is 4.03. The summed E-state index contributed by atoms with van der Waals surface area (Å²) in [6, 6.07) is 4.87. The second kappa shape index (κ2) is 6.13. The van der Waals surface area contributed by atoms with Crippen molar-refractivity contribution in [2.45, 2.75) is 13.0 Å². The summed E-state index contributed by atoms with van der Waals surface area (Å²) in [4.78, 5) is 13.6. The Hall–Kier alpha value is -1.76. The predicted molar refractivity (Wildman–Crippen MR) is 77.7 cm³/mol. The summed E-state index contributed by atoms with van der Waals surface area (Å²) in [6.07, 6.45) is 1.63. The molecule has 0 bridgehead atoms. The van der Waals surface area contributed by atoms with E-state index in [1.165, 1.54) is 4.90 Å². The Morgan fingerprint density at radius 3 is 2.85 bits per heavy atom. The first-order valence-corrected chi connectivity index (χ1v) is 7.93. The number of nitrogens with zero attached hydrogens (tertiary/aromatic N) is 1. The molecule has 0 spiro atoms. The van der Waals surface area contributed by atoms with E-state index in [1.54, 1.807) is 31.5 Å². The second-order valence-corrected chi connectivity index (χ2v) is 6.18. The maximum absolute atomic E-state index is 12.1. The Morgan fingerprint density at radius 2 is 2.15 bits per heavy atom. The zero-order valence-corrected chi connectivity index (χ0v) is 12.5. The van der Waals surface area contributed by atoms with Crippen molar-refractivity contribution < 1.29 is 18.5 Å². The summed E-state index contributed by atoms with van der Waals surface area (Å²) in [5.74, 6) is 1.74. The Morgan fingerprint density at radius 1 is 1.45 bits per heavy atom. The van der Waals surface area contributed by atoms with Gasteiger partial charge in [-0.3, -0.25) is 4.21 Å². The molecular formula is C13H18N2O4S. The van der Waals surface area contributed by atoms with Crippen molar-refractivity contribution >= 4 is 22.5 Å². The largest absolute Gasteiger partial charge is 0.454 e. The molecule has 1 N–H and O–H groups in total. The van der Waals surface area contributed by atoms with Crippen molar-refractivity contribution in [2.24, 2.45) is 0 Å². The highest BCUT2D eigenvalue weighted by Crippen LogP contribution is 2.34. The molecule has 7 heteroatoms. The van der Waals surface area contributed by atoms with Gasteiger partial charge in [-0.2, -0.15) is 0 Å². The van der Waals surface area contributed by atoms with E-state index in [0.717, 1.165) is 0 Å². The summed E-state index contributed by atoms with van der Waals surface area (Å²) in [5.41, 5.74) is 0.635. The number of ether oxygens (including phenoxy) is 2. The molecular weight excluding hydrogens is 280 g/mol. The number of urea groups is 1. The summed E-state index contributed by atoms with van der Waals surface area (Å²) >= 11 is 0. The second-order valence-electron chi connectivity index (χ2n) is 4.70. The number of carbonyl (C=O) groups excluding carboxylic acids is 1. The quantitative estimate of drug-likeness (QED) is 0.917. The van der Waals surface area contributed by atoms with Crippen LogP contribution >= 0.6 is 0 Å². The van der Waals surface area contributed by atoms with Gasteiger partial charge in [0.1, 0.15) is 0 Å². The van der Waals surface area contributed by atoms with Crippen LogP contribution in [-0.2, 0) is 10.8 Å². The van der Waals surface area contributed by atoms with E-state index in [0.29, 0.717) is 22.9 Å². The minimum atomic E-state index is -0.937. The van der Waals surface area contributed by atoms with Crippen LogP contribution in [0.25, 0.3) is 0 Å². The van der Waals surface area contributed by atoms with Gasteiger partial charge in [0.25, 0.3) is 0 Å². The van der Waals surface area contributed by atoms with Crippen molar-refractivity contribution in [1.82, 2.24) is 4.90 Å². The van der Waals surface area contributed by atoms with Crippen LogP contribution in [-0.4, -0.2) is 47.0 Å². The molecule has 2 amide bonds. The number of benzene rings is 1. The zero-order chi connectivity index (χ0) is 14.7. The van der Waals surface area contributed by atoms with Crippen molar-refractivity contribution in [3.05, 3.63) is 18.2 Å². The molecule has 1 aromatic carbocycles. The summed E-state index contributed by atoms with van der Waals surface area (Å²) in [7, 11) is 0.743. The molecule has 6 nitrogen and oxygen atoms in total. The lowest BCUT2D eigenvalue weighted by molar-refractivity contribution is 0.174. The van der Waals surface area contributed by atoms with Crippen molar-refractivity contribution in [2.75, 3.05) is 31.2 Å². The van der Waals surface area contributed by atoms with Gasteiger partial charge in [0.15, 0.2) is 11.5 Å². The molecule has 1 aliphatic rings. The molecule has 20 heavy (non-hydrogen) atoms. The van der Waals surface area contributed by atoms with Gasteiger partial charge < -0.3 is 19.7 Å². The van der Waals surface area contributed by atoms with Gasteiger partial charge in [-0.25, -0.2) is 4.79 Å². The van der Waals surface area contributed by atoms with E-state index in [9.17, 15) is 9.00 Å². The number of hydrogen-bond acceptors (Lipinski definition) is 4. The highest BCUT2D eigenvalue weighted by molar-refractivity contribution is 7.84. The fourth-order valence-electron chi connectivity index (χ4n) is 1.84. The third-order valence-electron chi connectivity index (χ3n) is 3.08. The lowest BCUT2D eigenvalue weighted by Crippen LogP contribution is -2.40. The molecule has 0 radical (unpaired) electrons. The van der Waals surface area contributed by atoms with E-state index in [2.05, 4.69) is 5.32 Å². The molecule has 0 saturated heterocycles. The first kappa shape index (κ1) is 14.6. The van der Waals surface area contributed by atoms with Crippen LogP contribution in [0, 0.1) is 0 Å². The first-order chi connectivity index (χ1) is 9.47. The molecule has 1 heterocycles. The van der Waals surface area contributed by atoms with Crippen molar-refractivity contribution in [3.8, 4) is 11.5 Å². The Balaban J connectivity index is 1.98. The molecule has 110 valence electrons. The van der Waals surface area contributed by atoms with Gasteiger partial charge in [0.05, 0.1) is 0 Å². The van der Waals surface area contributed by atoms with Crippen LogP contribution in [0.3, 0.4) is 0 Å². The fraction of sp³-hybridized carbons (Fsp3) is 0.462. The first-order valence-electron chi connectivity index (χ1n) is 6.21. The lowest BCUT2D eigenvalue weighted by atomic mass is 10.3. The molecule has 0 unspecified atom stereocenters. The number of hydrogen-bond donors (Lipinski definition) is 1. The van der Waals surface area contributed by atoms with Crippen LogP contribution in [0.5, 0.6) is 11.5 Å². The molecule has 0 aromatic heterocycles. The van der Waals surface area contributed by atoms with Crippen molar-refractivity contribution in [3.63, 3.8) is 0 Å². The maximum Gasteiger partial charge on any atom is 0.321 e. The monoisotopic (exact) mass is 298 g/mol. The zero-order valence-electron chi connectivity index (χ0n) is 11.7. The molecule has 0 saturated carbocycles. The molecule has 2 atom stereocenters. The number of carbonyl (C=O) groups is 1. The third kappa shape index (κ3) is 3.41. The van der Waals surface area contributed by atoms with Crippen LogP contribution in [0.4, 0.5) is 10.5 Å². The van der Waals surface area contributed by atoms with E-state index >= 15 is 0 Å². The fourth-order valence-corrected chi connectivity index (χ4v) is 2.74. The minimum Gasteiger partial charge on any atom is -0.454 e. The Labute approximate surface area is 120 Å². The van der Waals surface area contributed by atoms with Gasteiger partial charge in [-0.1, -0.05) is 0 Å². The number of fused-ring (bicyclic) bond motifs is 1. The van der Waals surface area contributed by atoms with Gasteiger partial charge in [0.2, 0.25) is 6.79 Å². The Bertz CT molecular complexity index is 535. The highest BCUT2D eigenvalue weighted by Gasteiger charge is 2.18. The summed E-state index contributed by atoms with van der Waals surface area (Å²) in [6.45, 7) is 2.06. The van der Waals surface area contributed by atoms with Crippen LogP contribution < -0.4 is 14.8 Å². The number of anilines is 1.